The smallest absolute Gasteiger partial charge is 0.328 e. The number of aliphatic hydroxyl groups is 1. The van der Waals surface area contributed by atoms with Gasteiger partial charge >= 0.3 is 6.03 Å². The molecule has 1 aromatic carbocycles. The van der Waals surface area contributed by atoms with Crippen molar-refractivity contribution in [1.82, 2.24) is 9.80 Å². The second-order valence-corrected chi connectivity index (χ2v) is 7.39. The molecule has 27 heavy (non-hydrogen) atoms. The molecule has 0 bridgehead atoms. The van der Waals surface area contributed by atoms with Gasteiger partial charge in [-0.3, -0.25) is 14.6 Å². The number of imide groups is 1. The minimum absolute atomic E-state index is 0.129. The summed E-state index contributed by atoms with van der Waals surface area (Å²) < 4.78 is 0. The van der Waals surface area contributed by atoms with E-state index in [0.29, 0.717) is 0 Å². The number of urea groups is 1. The highest BCUT2D eigenvalue weighted by molar-refractivity contribution is 6.07. The fourth-order valence-electron chi connectivity index (χ4n) is 3.71. The van der Waals surface area contributed by atoms with E-state index < -0.39 is 18.2 Å². The van der Waals surface area contributed by atoms with Gasteiger partial charge in [0, 0.05) is 37.9 Å². The number of likely N-dealkylation sites (N-methyl/N-ethyl adjacent to an activating group) is 3. The van der Waals surface area contributed by atoms with Gasteiger partial charge in [0.2, 0.25) is 0 Å². The van der Waals surface area contributed by atoms with E-state index in [4.69, 9.17) is 0 Å². The molecular formula is C21H25N3O3. The van der Waals surface area contributed by atoms with Gasteiger partial charge in [0.15, 0.2) is 6.23 Å². The van der Waals surface area contributed by atoms with E-state index in [9.17, 15) is 14.7 Å². The predicted molar refractivity (Wildman–Crippen MR) is 105 cm³/mol. The first-order chi connectivity index (χ1) is 12.7. The summed E-state index contributed by atoms with van der Waals surface area (Å²) in [5.74, 6) is -0.492. The van der Waals surface area contributed by atoms with Gasteiger partial charge in [-0.1, -0.05) is 44.2 Å². The summed E-state index contributed by atoms with van der Waals surface area (Å²) in [6, 6.07) is 7.78. The van der Waals surface area contributed by atoms with E-state index in [2.05, 4.69) is 30.9 Å². The van der Waals surface area contributed by atoms with Gasteiger partial charge in [-0.05, 0) is 23.8 Å². The molecule has 1 saturated heterocycles. The van der Waals surface area contributed by atoms with Gasteiger partial charge in [-0.2, -0.15) is 0 Å². The van der Waals surface area contributed by atoms with Crippen LogP contribution in [-0.4, -0.2) is 54.2 Å². The Balaban J connectivity index is 1.86. The van der Waals surface area contributed by atoms with Crippen LogP contribution in [0.15, 0.2) is 59.8 Å². The Morgan fingerprint density at radius 1 is 1.00 bits per heavy atom. The Hall–Kier alpha value is -2.86. The first-order valence-electron chi connectivity index (χ1n) is 8.83. The number of carbonyl (C=O) groups excluding carboxylic acids is 2. The maximum absolute atomic E-state index is 12.2. The number of hydrogen-bond donors (Lipinski definition) is 1. The zero-order valence-corrected chi connectivity index (χ0v) is 16.3. The Kier molecular flexibility index (Phi) is 4.70. The number of nitrogens with zero attached hydrogens (tertiary/aromatic N) is 3. The van der Waals surface area contributed by atoms with Crippen LogP contribution in [0.5, 0.6) is 0 Å². The van der Waals surface area contributed by atoms with Gasteiger partial charge < -0.3 is 10.0 Å². The Labute approximate surface area is 159 Å². The number of para-hydroxylation sites is 1. The number of allylic oxidation sites excluding steroid dienone is 5. The summed E-state index contributed by atoms with van der Waals surface area (Å²) >= 11 is 0. The number of aliphatic hydroxyl groups excluding tert-OH is 1. The first-order valence-corrected chi connectivity index (χ1v) is 8.83. The van der Waals surface area contributed by atoms with Gasteiger partial charge in [-0.25, -0.2) is 4.79 Å². The number of anilines is 1. The molecular weight excluding hydrogens is 342 g/mol. The highest BCUT2D eigenvalue weighted by Gasteiger charge is 2.38. The summed E-state index contributed by atoms with van der Waals surface area (Å²) in [6.45, 7) is 4.36. The van der Waals surface area contributed by atoms with E-state index >= 15 is 0 Å². The average molecular weight is 367 g/mol. The molecule has 1 N–H and O–H groups in total. The zero-order valence-electron chi connectivity index (χ0n) is 16.3. The fourth-order valence-corrected chi connectivity index (χ4v) is 3.71. The molecule has 3 rings (SSSR count). The molecule has 0 spiro atoms. The molecule has 6 heteroatoms. The van der Waals surface area contributed by atoms with Crippen molar-refractivity contribution in [1.29, 1.82) is 0 Å². The quantitative estimate of drug-likeness (QED) is 0.816. The van der Waals surface area contributed by atoms with Crippen LogP contribution in [0, 0.1) is 0 Å². The van der Waals surface area contributed by atoms with Crippen molar-refractivity contribution >= 4 is 17.6 Å². The molecule has 0 aliphatic carbocycles. The summed E-state index contributed by atoms with van der Waals surface area (Å²) in [5.41, 5.74) is 3.62. The number of rotatable bonds is 2. The highest BCUT2D eigenvalue weighted by atomic mass is 16.3. The third-order valence-electron chi connectivity index (χ3n) is 5.37. The fraction of sp³-hybridized carbons (Fsp3) is 0.333. The summed E-state index contributed by atoms with van der Waals surface area (Å²) in [6.07, 6.45) is 5.89. The van der Waals surface area contributed by atoms with E-state index in [1.165, 1.54) is 25.3 Å². The second kappa shape index (κ2) is 6.70. The average Bonchev–Trinajstić information content (AvgIpc) is 2.84. The number of benzene rings is 1. The number of hydrogen-bond acceptors (Lipinski definition) is 4. The Bertz CT molecular complexity index is 882. The van der Waals surface area contributed by atoms with Crippen LogP contribution >= 0.6 is 0 Å². The van der Waals surface area contributed by atoms with Crippen LogP contribution < -0.4 is 4.90 Å². The van der Waals surface area contributed by atoms with E-state index in [-0.39, 0.29) is 11.0 Å². The molecule has 1 unspecified atom stereocenters. The third-order valence-corrected chi connectivity index (χ3v) is 5.37. The lowest BCUT2D eigenvalue weighted by molar-refractivity contribution is -0.128. The zero-order chi connectivity index (χ0) is 19.9. The van der Waals surface area contributed by atoms with Gasteiger partial charge in [-0.15, -0.1) is 0 Å². The number of fused-ring (bicyclic) bond motifs is 1. The standard InChI is InChI=1S/C21H25N3O3/c1-21(2)15-11-7-8-12-16(15)22(3)17(21)13-9-6-10-14-18(25)23(4)20(27)24(5)19(14)26/h6-13,18,25H,1-5H3. The molecule has 0 aromatic heterocycles. The second-order valence-electron chi connectivity index (χ2n) is 7.39. The molecule has 2 heterocycles. The van der Waals surface area contributed by atoms with Crippen molar-refractivity contribution in [2.45, 2.75) is 25.5 Å². The molecule has 0 radical (unpaired) electrons. The van der Waals surface area contributed by atoms with Crippen molar-refractivity contribution in [3.05, 3.63) is 65.4 Å². The normalized spacial score (nSPS) is 25.3. The molecule has 0 saturated carbocycles. The molecule has 3 amide bonds. The molecule has 6 nitrogen and oxygen atoms in total. The number of carbonyl (C=O) groups is 2. The maximum atomic E-state index is 12.2. The van der Waals surface area contributed by atoms with Crippen molar-refractivity contribution in [3.8, 4) is 0 Å². The molecule has 1 atom stereocenters. The van der Waals surface area contributed by atoms with Crippen LogP contribution in [0.2, 0.25) is 0 Å². The van der Waals surface area contributed by atoms with E-state index in [0.717, 1.165) is 15.5 Å². The van der Waals surface area contributed by atoms with Crippen LogP contribution in [0.1, 0.15) is 19.4 Å². The first kappa shape index (κ1) is 18.9. The van der Waals surface area contributed by atoms with Gasteiger partial charge in [0.1, 0.15) is 0 Å². The Morgan fingerprint density at radius 3 is 2.30 bits per heavy atom. The van der Waals surface area contributed by atoms with Crippen LogP contribution in [0.4, 0.5) is 10.5 Å². The lowest BCUT2D eigenvalue weighted by atomic mass is 9.84. The predicted octanol–water partition coefficient (Wildman–Crippen LogP) is 2.62. The van der Waals surface area contributed by atoms with Gasteiger partial charge in [0.05, 0.1) is 5.57 Å². The molecule has 1 aromatic rings. The lowest BCUT2D eigenvalue weighted by Crippen LogP contribution is -2.55. The molecule has 1 fully saturated rings. The minimum Gasteiger partial charge on any atom is -0.369 e. The van der Waals surface area contributed by atoms with Gasteiger partial charge in [0.25, 0.3) is 5.91 Å². The van der Waals surface area contributed by atoms with Crippen LogP contribution in [0.3, 0.4) is 0 Å². The monoisotopic (exact) mass is 367 g/mol. The third kappa shape index (κ3) is 2.96. The van der Waals surface area contributed by atoms with Crippen molar-refractivity contribution in [2.24, 2.45) is 0 Å². The minimum atomic E-state index is -1.24. The molecule has 2 aliphatic heterocycles. The summed E-state index contributed by atoms with van der Waals surface area (Å²) in [4.78, 5) is 28.3. The van der Waals surface area contributed by atoms with E-state index in [1.807, 2.05) is 31.3 Å². The van der Waals surface area contributed by atoms with Crippen molar-refractivity contribution in [3.63, 3.8) is 0 Å². The largest absolute Gasteiger partial charge is 0.369 e. The highest BCUT2D eigenvalue weighted by Crippen LogP contribution is 2.46. The summed E-state index contributed by atoms with van der Waals surface area (Å²) in [7, 11) is 4.90. The van der Waals surface area contributed by atoms with E-state index in [1.54, 1.807) is 12.2 Å². The van der Waals surface area contributed by atoms with Crippen molar-refractivity contribution in [2.75, 3.05) is 26.0 Å². The maximum Gasteiger partial charge on any atom is 0.328 e. The molecule has 2 aliphatic rings. The topological polar surface area (TPSA) is 64.1 Å². The number of amides is 3. The lowest BCUT2D eigenvalue weighted by Gasteiger charge is -2.34. The van der Waals surface area contributed by atoms with Crippen molar-refractivity contribution < 1.29 is 14.7 Å². The SMILES string of the molecule is CN1C(=O)C(=CC=CC=C2N(C)c3ccccc3C2(C)C)C(O)N(C)C1=O. The molecule has 142 valence electrons. The summed E-state index contributed by atoms with van der Waals surface area (Å²) in [5, 5.41) is 10.2. The Morgan fingerprint density at radius 2 is 1.63 bits per heavy atom. The van der Waals surface area contributed by atoms with Crippen LogP contribution in [0.25, 0.3) is 0 Å². The van der Waals surface area contributed by atoms with Crippen LogP contribution in [-0.2, 0) is 10.2 Å².